The van der Waals surface area contributed by atoms with Crippen molar-refractivity contribution in [1.82, 2.24) is 0 Å². The largest absolute Gasteiger partial charge is 0.507 e. The SMILES string of the molecule is O=C(Nc1ccc(Br)cc1)c1ccc(Br)c(O)c1. The third-order valence-electron chi connectivity index (χ3n) is 2.31. The standard InChI is InChI=1S/C13H9Br2NO2/c14-9-2-4-10(5-3-9)16-13(18)8-1-6-11(15)12(17)7-8/h1-7,17H,(H,16,18). The molecule has 0 unspecified atom stereocenters. The van der Waals surface area contributed by atoms with Crippen LogP contribution < -0.4 is 5.32 Å². The number of hydrogen-bond acceptors (Lipinski definition) is 2. The molecule has 0 radical (unpaired) electrons. The van der Waals surface area contributed by atoms with Gasteiger partial charge in [-0.25, -0.2) is 0 Å². The summed E-state index contributed by atoms with van der Waals surface area (Å²) in [7, 11) is 0. The maximum absolute atomic E-state index is 11.9. The molecule has 0 atom stereocenters. The lowest BCUT2D eigenvalue weighted by molar-refractivity contribution is 0.102. The number of amides is 1. The Morgan fingerprint density at radius 3 is 2.33 bits per heavy atom. The van der Waals surface area contributed by atoms with Gasteiger partial charge in [-0.3, -0.25) is 4.79 Å². The molecule has 0 aliphatic heterocycles. The minimum atomic E-state index is -0.264. The Labute approximate surface area is 121 Å². The first-order valence-corrected chi connectivity index (χ1v) is 6.70. The summed E-state index contributed by atoms with van der Waals surface area (Å²) in [5, 5.41) is 12.3. The molecule has 18 heavy (non-hydrogen) atoms. The fraction of sp³-hybridized carbons (Fsp3) is 0. The Kier molecular flexibility index (Phi) is 4.04. The van der Waals surface area contributed by atoms with E-state index in [1.807, 2.05) is 12.1 Å². The average molecular weight is 371 g/mol. The quantitative estimate of drug-likeness (QED) is 0.833. The molecule has 1 amide bonds. The van der Waals surface area contributed by atoms with E-state index < -0.39 is 0 Å². The number of phenolic OH excluding ortho intramolecular Hbond substituents is 1. The molecule has 0 fully saturated rings. The molecule has 2 aromatic carbocycles. The monoisotopic (exact) mass is 369 g/mol. The first-order valence-electron chi connectivity index (χ1n) is 5.12. The van der Waals surface area contributed by atoms with Gasteiger partial charge in [-0.2, -0.15) is 0 Å². The van der Waals surface area contributed by atoms with E-state index in [4.69, 9.17) is 0 Å². The number of benzene rings is 2. The van der Waals surface area contributed by atoms with Gasteiger partial charge >= 0.3 is 0 Å². The van der Waals surface area contributed by atoms with E-state index in [2.05, 4.69) is 37.2 Å². The van der Waals surface area contributed by atoms with Gasteiger partial charge in [0.2, 0.25) is 0 Å². The molecule has 0 aliphatic carbocycles. The summed E-state index contributed by atoms with van der Waals surface area (Å²) in [5.74, 6) is -0.224. The number of aromatic hydroxyl groups is 1. The number of anilines is 1. The minimum Gasteiger partial charge on any atom is -0.507 e. The molecule has 0 saturated heterocycles. The summed E-state index contributed by atoms with van der Waals surface area (Å²) < 4.78 is 1.50. The van der Waals surface area contributed by atoms with Crippen molar-refractivity contribution in [3.63, 3.8) is 0 Å². The van der Waals surface area contributed by atoms with Gasteiger partial charge in [0.25, 0.3) is 5.91 Å². The second kappa shape index (κ2) is 5.54. The zero-order valence-corrected chi connectivity index (χ0v) is 12.3. The van der Waals surface area contributed by atoms with E-state index in [1.54, 1.807) is 24.3 Å². The van der Waals surface area contributed by atoms with Gasteiger partial charge in [-0.15, -0.1) is 0 Å². The van der Waals surface area contributed by atoms with Gasteiger partial charge in [0, 0.05) is 15.7 Å². The van der Waals surface area contributed by atoms with Crippen molar-refractivity contribution in [1.29, 1.82) is 0 Å². The summed E-state index contributed by atoms with van der Waals surface area (Å²) in [6.07, 6.45) is 0. The van der Waals surface area contributed by atoms with Crippen molar-refractivity contribution in [3.8, 4) is 5.75 Å². The smallest absolute Gasteiger partial charge is 0.255 e. The van der Waals surface area contributed by atoms with Crippen LogP contribution in [0.25, 0.3) is 0 Å². The van der Waals surface area contributed by atoms with Crippen LogP contribution >= 0.6 is 31.9 Å². The summed E-state index contributed by atoms with van der Waals surface area (Å²) >= 11 is 6.49. The second-order valence-corrected chi connectivity index (χ2v) is 5.40. The second-order valence-electron chi connectivity index (χ2n) is 3.63. The third kappa shape index (κ3) is 3.11. The van der Waals surface area contributed by atoms with Crippen molar-refractivity contribution in [2.75, 3.05) is 5.32 Å². The average Bonchev–Trinajstić information content (AvgIpc) is 2.35. The van der Waals surface area contributed by atoms with Crippen molar-refractivity contribution >= 4 is 43.5 Å². The lowest BCUT2D eigenvalue weighted by Crippen LogP contribution is -2.11. The van der Waals surface area contributed by atoms with E-state index in [-0.39, 0.29) is 11.7 Å². The van der Waals surface area contributed by atoms with Crippen LogP contribution in [0, 0.1) is 0 Å². The first kappa shape index (κ1) is 13.1. The highest BCUT2D eigenvalue weighted by molar-refractivity contribution is 9.10. The highest BCUT2D eigenvalue weighted by Crippen LogP contribution is 2.24. The predicted octanol–water partition coefficient (Wildman–Crippen LogP) is 4.17. The molecule has 0 aromatic heterocycles. The minimum absolute atomic E-state index is 0.0402. The Morgan fingerprint density at radius 2 is 1.72 bits per heavy atom. The molecule has 0 saturated carbocycles. The maximum Gasteiger partial charge on any atom is 0.255 e. The van der Waals surface area contributed by atoms with Gasteiger partial charge in [-0.05, 0) is 58.4 Å². The Bertz CT molecular complexity index is 582. The highest BCUT2D eigenvalue weighted by atomic mass is 79.9. The van der Waals surface area contributed by atoms with Crippen LogP contribution in [-0.4, -0.2) is 11.0 Å². The van der Waals surface area contributed by atoms with Gasteiger partial charge in [-0.1, -0.05) is 15.9 Å². The Morgan fingerprint density at radius 1 is 1.06 bits per heavy atom. The molecule has 5 heteroatoms. The Hall–Kier alpha value is -1.33. The van der Waals surface area contributed by atoms with Gasteiger partial charge in [0.1, 0.15) is 5.75 Å². The molecular formula is C13H9Br2NO2. The van der Waals surface area contributed by atoms with Gasteiger partial charge in [0.05, 0.1) is 4.47 Å². The number of hydrogen-bond donors (Lipinski definition) is 2. The van der Waals surface area contributed by atoms with Crippen molar-refractivity contribution in [3.05, 3.63) is 57.0 Å². The fourth-order valence-electron chi connectivity index (χ4n) is 1.39. The van der Waals surface area contributed by atoms with E-state index in [9.17, 15) is 9.90 Å². The van der Waals surface area contributed by atoms with Crippen molar-refractivity contribution < 1.29 is 9.90 Å². The highest BCUT2D eigenvalue weighted by Gasteiger charge is 2.08. The van der Waals surface area contributed by atoms with E-state index in [0.29, 0.717) is 15.7 Å². The van der Waals surface area contributed by atoms with Crippen LogP contribution in [0.1, 0.15) is 10.4 Å². The zero-order valence-electron chi connectivity index (χ0n) is 9.15. The van der Waals surface area contributed by atoms with Crippen LogP contribution in [0.3, 0.4) is 0 Å². The number of carbonyl (C=O) groups excluding carboxylic acids is 1. The van der Waals surface area contributed by atoms with Crippen molar-refractivity contribution in [2.24, 2.45) is 0 Å². The molecule has 2 rings (SSSR count). The summed E-state index contributed by atoms with van der Waals surface area (Å²) in [6.45, 7) is 0. The molecule has 0 aliphatic rings. The fourth-order valence-corrected chi connectivity index (χ4v) is 1.90. The molecule has 0 heterocycles. The van der Waals surface area contributed by atoms with Crippen molar-refractivity contribution in [2.45, 2.75) is 0 Å². The molecule has 92 valence electrons. The predicted molar refractivity (Wildman–Crippen MR) is 77.9 cm³/mol. The molecule has 2 N–H and O–H groups in total. The Balaban J connectivity index is 2.16. The molecule has 2 aromatic rings. The molecule has 0 spiro atoms. The first-order chi connectivity index (χ1) is 8.56. The van der Waals surface area contributed by atoms with Gasteiger partial charge < -0.3 is 10.4 Å². The van der Waals surface area contributed by atoms with Gasteiger partial charge in [0.15, 0.2) is 0 Å². The third-order valence-corrected chi connectivity index (χ3v) is 3.51. The lowest BCUT2D eigenvalue weighted by Gasteiger charge is -2.06. The van der Waals surface area contributed by atoms with Crippen LogP contribution in [0.4, 0.5) is 5.69 Å². The normalized spacial score (nSPS) is 10.1. The summed E-state index contributed by atoms with van der Waals surface area (Å²) in [6, 6.07) is 12.0. The van der Waals surface area contributed by atoms with Crippen LogP contribution in [0.15, 0.2) is 51.4 Å². The van der Waals surface area contributed by atoms with E-state index in [1.165, 1.54) is 6.07 Å². The number of nitrogens with one attached hydrogen (secondary N) is 1. The molecule has 3 nitrogen and oxygen atoms in total. The van der Waals surface area contributed by atoms with E-state index >= 15 is 0 Å². The number of carbonyl (C=O) groups is 1. The topological polar surface area (TPSA) is 49.3 Å². The maximum atomic E-state index is 11.9. The van der Waals surface area contributed by atoms with Crippen LogP contribution in [0.2, 0.25) is 0 Å². The number of phenols is 1. The zero-order chi connectivity index (χ0) is 13.1. The van der Waals surface area contributed by atoms with Crippen LogP contribution in [-0.2, 0) is 0 Å². The molecule has 0 bridgehead atoms. The summed E-state index contributed by atoms with van der Waals surface area (Å²) in [5.41, 5.74) is 1.10. The number of halogens is 2. The number of rotatable bonds is 2. The summed E-state index contributed by atoms with van der Waals surface area (Å²) in [4.78, 5) is 11.9. The van der Waals surface area contributed by atoms with Crippen LogP contribution in [0.5, 0.6) is 5.75 Å². The van der Waals surface area contributed by atoms with E-state index in [0.717, 1.165) is 4.47 Å². The lowest BCUT2D eigenvalue weighted by atomic mass is 10.2. The molecular weight excluding hydrogens is 362 g/mol.